The van der Waals surface area contributed by atoms with E-state index < -0.39 is 44.6 Å². The average molecular weight is 2130 g/mol. The number of hydrogen-bond acceptors (Lipinski definition) is 12. The van der Waals surface area contributed by atoms with Gasteiger partial charge in [0.15, 0.2) is 0 Å². The predicted octanol–water partition coefficient (Wildman–Crippen LogP) is 26.9. The van der Waals surface area contributed by atoms with Crippen molar-refractivity contribution in [1.82, 2.24) is 44.9 Å². The molecule has 18 rings (SSSR count). The molecule has 0 aliphatic heterocycles. The van der Waals surface area contributed by atoms with Gasteiger partial charge in [-0.1, -0.05) is 166 Å². The largest absolute Gasteiger partial charge is 0.486 e. The number of pyridine rings is 9. The summed E-state index contributed by atoms with van der Waals surface area (Å²) >= 11 is 0. The molecule has 0 aliphatic carbocycles. The Bertz CT molecular complexity index is 7080. The molecular weight excluding hydrogens is 2010 g/mol. The first-order valence-electron chi connectivity index (χ1n) is 45.8. The number of furan rings is 3. The minimum Gasteiger partial charge on any atom is -0.486 e. The molecule has 120 heavy (non-hydrogen) atoms. The number of nitrogens with zero attached hydrogens (tertiary/aromatic N) is 9. The number of benzene rings is 6. The van der Waals surface area contributed by atoms with Crippen molar-refractivity contribution in [3.63, 3.8) is 0 Å². The van der Waals surface area contributed by atoms with Gasteiger partial charge in [0.05, 0.1) is 16.7 Å². The van der Waals surface area contributed by atoms with Gasteiger partial charge in [-0.2, -0.15) is 0 Å². The Kier molecular flexibility index (Phi) is 26.0. The second-order valence-corrected chi connectivity index (χ2v) is 29.5. The van der Waals surface area contributed by atoms with Crippen LogP contribution in [0.2, 0.25) is 0 Å². The van der Waals surface area contributed by atoms with Gasteiger partial charge in [0.25, 0.3) is 0 Å². The quantitative estimate of drug-likeness (QED) is 0.0951. The molecule has 0 N–H and O–H groups in total. The standard InChI is InChI=1S/C21H19N2O.2C20H17N2O.C16H18N.C15H16N.C13H12N.3Ir/c1-13(2)11-15-9-10-22-19(12-15)18-6-4-5-16-17-8-7-14(3)23-21(17)24-20(16)18;1-12(2)14-9-10-21-18(11-14)17-6-4-5-15-16-8-7-13(3)22-20(16)23-19(15)17;1-13(2)11-14-8-10-21-18(12-14)17-6-3-5-15-16-7-4-9-22-20(16)23-19(15)17;1-12(2)9-15-11-17-16(10-13(15)3)14-7-5-4-6-8-14;1-11(2)14-9-15(16-10-12(14)3)13-7-5-4-6-8-13;1-10-8-13(14-9-11(10)2)12-6-4-3-5-7-12;;;/h4-5,7-10,12-13H,11H2,1-3H3;4-5,7-12H,1-3H3;3-5,7-10,12-13H,11H2,1-2H3;4-7,10-12H,9H2,1-3H3;4-7,9-11H,1-3H3;3-6,8-9H,1-2H3;;;/q6*-1;;;/i11D2;12D;11D2;9D2;3D3,11D;2D3;;;. The summed E-state index contributed by atoms with van der Waals surface area (Å²) in [5, 5.41) is 5.80. The van der Waals surface area contributed by atoms with Crippen molar-refractivity contribution in [2.75, 3.05) is 0 Å². The van der Waals surface area contributed by atoms with Crippen LogP contribution in [0, 0.1) is 95.6 Å². The van der Waals surface area contributed by atoms with E-state index in [1.807, 2.05) is 234 Å². The van der Waals surface area contributed by atoms with E-state index in [0.29, 0.717) is 73.2 Å². The molecule has 12 nitrogen and oxygen atoms in total. The molecule has 0 aliphatic rings. The first-order chi connectivity index (χ1) is 61.9. The Morgan fingerprint density at radius 1 is 0.342 bits per heavy atom. The summed E-state index contributed by atoms with van der Waals surface area (Å²) in [4.78, 5) is 39.3. The van der Waals surface area contributed by atoms with E-state index in [0.717, 1.165) is 116 Å². The van der Waals surface area contributed by atoms with Crippen LogP contribution >= 0.6 is 0 Å². The molecule has 18 aromatic rings. The van der Waals surface area contributed by atoms with Gasteiger partial charge in [-0.15, -0.1) is 162 Å². The molecule has 12 heterocycles. The molecule has 6 aromatic carbocycles. The number of hydrogen-bond donors (Lipinski definition) is 0. The molecule has 15 heteroatoms. The van der Waals surface area contributed by atoms with Crippen LogP contribution in [-0.2, 0) is 79.4 Å². The molecule has 0 saturated heterocycles. The third-order valence-corrected chi connectivity index (χ3v) is 18.7. The van der Waals surface area contributed by atoms with Crippen LogP contribution in [0.3, 0.4) is 0 Å². The molecule has 0 amide bonds. The minimum atomic E-state index is -2.26. The molecule has 0 saturated carbocycles. The summed E-state index contributed by atoms with van der Waals surface area (Å²) in [5.74, 6) is -2.05. The Morgan fingerprint density at radius 3 is 1.19 bits per heavy atom. The van der Waals surface area contributed by atoms with E-state index in [1.165, 1.54) is 12.4 Å². The first-order valence-corrected chi connectivity index (χ1v) is 38.8. The smallest absolute Gasteiger partial charge is 0.216 e. The fraction of sp³-hybridized carbons (Fsp3) is 0.229. The van der Waals surface area contributed by atoms with Gasteiger partial charge in [-0.05, 0) is 201 Å². The van der Waals surface area contributed by atoms with E-state index in [2.05, 4.69) is 81.3 Å². The number of fused-ring (bicyclic) bond motifs is 9. The normalized spacial score (nSPS) is 13.4. The van der Waals surface area contributed by atoms with Crippen LogP contribution < -0.4 is 0 Å². The summed E-state index contributed by atoms with van der Waals surface area (Å²) in [5.41, 5.74) is 20.1. The van der Waals surface area contributed by atoms with E-state index >= 15 is 0 Å². The third kappa shape index (κ3) is 22.9. The van der Waals surface area contributed by atoms with E-state index in [4.69, 9.17) is 32.4 Å². The topological polar surface area (TPSA) is 155 Å². The molecular formula is C105H99Ir3N9O3-6. The second-order valence-electron chi connectivity index (χ2n) is 29.5. The fourth-order valence-electron chi connectivity index (χ4n) is 13.0. The monoisotopic (exact) mass is 2130 g/mol. The van der Waals surface area contributed by atoms with E-state index in [-0.39, 0.29) is 83.6 Å². The Morgan fingerprint density at radius 2 is 0.767 bits per heavy atom. The van der Waals surface area contributed by atoms with E-state index in [9.17, 15) is 0 Å². The Balaban J connectivity index is 0.000000167. The van der Waals surface area contributed by atoms with Crippen LogP contribution in [0.4, 0.5) is 0 Å². The van der Waals surface area contributed by atoms with Crippen molar-refractivity contribution >= 4 is 66.2 Å². The first kappa shape index (κ1) is 73.0. The Labute approximate surface area is 766 Å². The molecule has 615 valence electrons. The van der Waals surface area contributed by atoms with Crippen molar-refractivity contribution in [3.05, 3.63) is 341 Å². The maximum Gasteiger partial charge on any atom is 0.216 e. The zero-order chi connectivity index (χ0) is 94.5. The van der Waals surface area contributed by atoms with Crippen molar-refractivity contribution in [1.29, 1.82) is 0 Å². The molecule has 12 aromatic heterocycles. The molecule has 0 bridgehead atoms. The van der Waals surface area contributed by atoms with Gasteiger partial charge in [-0.3, -0.25) is 0 Å². The van der Waals surface area contributed by atoms with Gasteiger partial charge in [-0.25, -0.2) is 15.0 Å². The van der Waals surface area contributed by atoms with Crippen molar-refractivity contribution in [2.24, 2.45) is 17.8 Å². The van der Waals surface area contributed by atoms with E-state index in [1.54, 1.807) is 94.2 Å². The van der Waals surface area contributed by atoms with Crippen molar-refractivity contribution < 1.29 is 92.8 Å². The summed E-state index contributed by atoms with van der Waals surface area (Å²) in [7, 11) is 0. The average Bonchev–Trinajstić information content (AvgIpc) is 1.52. The number of aryl methyl sites for hydroxylation is 6. The fourth-order valence-corrected chi connectivity index (χ4v) is 13.0. The zero-order valence-electron chi connectivity index (χ0n) is 83.1. The summed E-state index contributed by atoms with van der Waals surface area (Å²) in [6, 6.07) is 81.0. The number of rotatable bonds is 14. The second kappa shape index (κ2) is 42.8. The molecule has 3 radical (unpaired) electrons. The van der Waals surface area contributed by atoms with Crippen LogP contribution in [0.1, 0.15) is 162 Å². The van der Waals surface area contributed by atoms with Crippen molar-refractivity contribution in [2.45, 2.75) is 142 Å². The summed E-state index contributed by atoms with van der Waals surface area (Å²) in [6.45, 7) is 21.6. The zero-order valence-corrected chi connectivity index (χ0v) is 76.3. The van der Waals surface area contributed by atoms with Gasteiger partial charge >= 0.3 is 0 Å². The summed E-state index contributed by atoms with van der Waals surface area (Å²) in [6.07, 6.45) is 6.94. The summed E-state index contributed by atoms with van der Waals surface area (Å²) < 4.78 is 129. The molecule has 0 atom stereocenters. The van der Waals surface area contributed by atoms with Crippen LogP contribution in [-0.4, -0.2) is 44.9 Å². The van der Waals surface area contributed by atoms with Crippen LogP contribution in [0.15, 0.2) is 257 Å². The maximum atomic E-state index is 8.35. The SMILES string of the molecule is [2H]C(C)(C)c1ccnc(-c2[c-]ccc3c2oc2nc(C)ccc23)c1.[2H]C([2H])([2H])c1cnc(-c2[c-]cccc2)cc1C.[2H]C([2H])([2H])c1cnc(-c2[c-]cccc2)cc1C([2H])(C)C.[2H]C([2H])(c1ccnc(-c2[c-]ccc3c2oc2nc(C)ccc23)c1)C(C)C.[2H]C([2H])(c1ccnc(-c2[c-]ccc3c2oc2ncccc23)c1)C(C)C.[2H]C([2H])(c1cnc(-c2[c-]cccc2)cc1C)C(C)C.[Ir].[Ir].[Ir]. The predicted molar refractivity (Wildman–Crippen MR) is 478 cm³/mol. The van der Waals surface area contributed by atoms with Gasteiger partial charge in [0.2, 0.25) is 17.1 Å². The molecule has 0 unspecified atom stereocenters. The number of aromatic nitrogens is 9. The van der Waals surface area contributed by atoms with Gasteiger partial charge in [0.1, 0.15) is 0 Å². The third-order valence-electron chi connectivity index (χ3n) is 18.7. The van der Waals surface area contributed by atoms with Crippen LogP contribution in [0.25, 0.3) is 134 Å². The maximum absolute atomic E-state index is 8.35. The van der Waals surface area contributed by atoms with Crippen LogP contribution in [0.5, 0.6) is 0 Å². The molecule has 0 spiro atoms. The van der Waals surface area contributed by atoms with Gasteiger partial charge < -0.3 is 43.2 Å². The molecule has 0 fully saturated rings. The van der Waals surface area contributed by atoms with Gasteiger partial charge in [0, 0.05) is 150 Å². The van der Waals surface area contributed by atoms with Crippen molar-refractivity contribution in [3.8, 4) is 67.5 Å². The Hall–Kier alpha value is -11.0. The minimum absolute atomic E-state index is 0.